The maximum Gasteiger partial charge on any atom is 0.296 e. The first-order valence-corrected chi connectivity index (χ1v) is 7.67. The predicted octanol–water partition coefficient (Wildman–Crippen LogP) is 0.860. The summed E-state index contributed by atoms with van der Waals surface area (Å²) >= 11 is 0. The second-order valence-electron chi connectivity index (χ2n) is 3.69. The fourth-order valence-electron chi connectivity index (χ4n) is 1.60. The van der Waals surface area contributed by atoms with Gasteiger partial charge in [-0.2, -0.15) is 5.10 Å². The molecule has 18 heavy (non-hydrogen) atoms. The molecule has 0 aliphatic heterocycles. The van der Waals surface area contributed by atoms with E-state index in [0.29, 0.717) is 18.9 Å². The van der Waals surface area contributed by atoms with Crippen LogP contribution < -0.4 is 0 Å². The molecule has 0 unspecified atom stereocenters. The third-order valence-corrected chi connectivity index (χ3v) is 3.47. The highest BCUT2D eigenvalue weighted by Crippen LogP contribution is 2.15. The number of nitrogens with zero attached hydrogens (tertiary/aromatic N) is 5. The summed E-state index contributed by atoms with van der Waals surface area (Å²) in [5.74, 6) is 0.514. The van der Waals surface area contributed by atoms with Gasteiger partial charge in [0.1, 0.15) is 6.54 Å². The van der Waals surface area contributed by atoms with Crippen molar-refractivity contribution in [1.82, 2.24) is 24.5 Å². The Kier molecular flexibility index (Phi) is 3.67. The molecule has 9 heteroatoms. The molecule has 0 aliphatic rings. The van der Waals surface area contributed by atoms with E-state index in [2.05, 4.69) is 15.3 Å². The molecule has 2 aromatic heterocycles. The Morgan fingerprint density at radius 1 is 1.39 bits per heavy atom. The maximum absolute atomic E-state index is 11.4. The van der Waals surface area contributed by atoms with Crippen LogP contribution in [0.5, 0.6) is 0 Å². The van der Waals surface area contributed by atoms with Gasteiger partial charge < -0.3 is 0 Å². The van der Waals surface area contributed by atoms with Gasteiger partial charge in [0.2, 0.25) is 0 Å². The molecule has 2 rings (SSSR count). The van der Waals surface area contributed by atoms with E-state index in [1.807, 2.05) is 6.92 Å². The molecule has 0 atom stereocenters. The van der Waals surface area contributed by atoms with Crippen molar-refractivity contribution in [2.24, 2.45) is 0 Å². The molecule has 0 fully saturated rings. The maximum atomic E-state index is 11.4. The minimum atomic E-state index is -3.88. The molecule has 0 aromatic carbocycles. The van der Waals surface area contributed by atoms with E-state index in [9.17, 15) is 8.42 Å². The Morgan fingerprint density at radius 3 is 2.72 bits per heavy atom. The third-order valence-electron chi connectivity index (χ3n) is 2.32. The van der Waals surface area contributed by atoms with Crippen LogP contribution in [0.2, 0.25) is 0 Å². The van der Waals surface area contributed by atoms with Crippen LogP contribution in [0.25, 0.3) is 0 Å². The molecule has 7 nitrogen and oxygen atoms in total. The Bertz CT molecular complexity index is 619. The van der Waals surface area contributed by atoms with Crippen molar-refractivity contribution in [3.63, 3.8) is 0 Å². The highest BCUT2D eigenvalue weighted by Gasteiger charge is 2.22. The normalized spacial score (nSPS) is 11.9. The van der Waals surface area contributed by atoms with E-state index in [1.165, 1.54) is 4.57 Å². The lowest BCUT2D eigenvalue weighted by Crippen LogP contribution is -2.12. The molecule has 0 aliphatic carbocycles. The lowest BCUT2D eigenvalue weighted by Gasteiger charge is -2.07. The second kappa shape index (κ2) is 5.07. The quantitative estimate of drug-likeness (QED) is 0.763. The van der Waals surface area contributed by atoms with Gasteiger partial charge in [0.05, 0.1) is 0 Å². The average Bonchev–Trinajstić information content (AvgIpc) is 2.89. The number of rotatable bonds is 5. The fourth-order valence-corrected chi connectivity index (χ4v) is 2.54. The summed E-state index contributed by atoms with van der Waals surface area (Å²) in [5.41, 5.74) is 0. The molecule has 0 saturated heterocycles. The van der Waals surface area contributed by atoms with Crippen LogP contribution in [0.4, 0.5) is 0 Å². The van der Waals surface area contributed by atoms with Gasteiger partial charge in [-0.3, -0.25) is 9.25 Å². The fraction of sp³-hybridized carbons (Fsp3) is 0.444. The summed E-state index contributed by atoms with van der Waals surface area (Å²) in [6.45, 7) is 2.78. The lowest BCUT2D eigenvalue weighted by molar-refractivity contribution is 0.538. The van der Waals surface area contributed by atoms with E-state index in [-0.39, 0.29) is 5.16 Å². The topological polar surface area (TPSA) is 82.7 Å². The molecule has 0 radical (unpaired) electrons. The Hall–Kier alpha value is -1.41. The Labute approximate surface area is 109 Å². The number of halogens is 1. The highest BCUT2D eigenvalue weighted by atomic mass is 35.7. The molecule has 2 aromatic rings. The van der Waals surface area contributed by atoms with Crippen LogP contribution in [-0.4, -0.2) is 33.0 Å². The minimum absolute atomic E-state index is 0.215. The summed E-state index contributed by atoms with van der Waals surface area (Å²) < 4.78 is 25.9. The van der Waals surface area contributed by atoms with Gasteiger partial charge in [-0.25, -0.2) is 8.42 Å². The van der Waals surface area contributed by atoms with Gasteiger partial charge in [-0.1, -0.05) is 6.92 Å². The number of aromatic nitrogens is 5. The van der Waals surface area contributed by atoms with Crippen LogP contribution >= 0.6 is 10.7 Å². The second-order valence-corrected chi connectivity index (χ2v) is 6.15. The molecular weight excluding hydrogens is 278 g/mol. The zero-order valence-corrected chi connectivity index (χ0v) is 11.3. The lowest BCUT2D eigenvalue weighted by atomic mass is 10.4. The van der Waals surface area contributed by atoms with Gasteiger partial charge in [-0.15, -0.1) is 10.2 Å². The van der Waals surface area contributed by atoms with Crippen LogP contribution in [-0.2, 0) is 22.1 Å². The zero-order chi connectivity index (χ0) is 13.2. The van der Waals surface area contributed by atoms with Crippen LogP contribution in [0.15, 0.2) is 23.6 Å². The van der Waals surface area contributed by atoms with Crippen molar-refractivity contribution in [2.45, 2.75) is 31.6 Å². The monoisotopic (exact) mass is 289 g/mol. The number of hydrogen-bond donors (Lipinski definition) is 0. The van der Waals surface area contributed by atoms with Crippen molar-refractivity contribution >= 4 is 19.7 Å². The van der Waals surface area contributed by atoms with E-state index in [0.717, 1.165) is 6.42 Å². The summed E-state index contributed by atoms with van der Waals surface area (Å²) in [5, 5.41) is 11.3. The van der Waals surface area contributed by atoms with Gasteiger partial charge in [0, 0.05) is 29.6 Å². The standard InChI is InChI=1S/C9H12ClN5O2S/c1-2-5-15-8(7-14-6-3-4-11-14)12-13-9(15)18(10,16)17/h3-4,6H,2,5,7H2,1H3. The first-order chi connectivity index (χ1) is 8.52. The van der Waals surface area contributed by atoms with Gasteiger partial charge in [0.25, 0.3) is 14.2 Å². The third kappa shape index (κ3) is 2.70. The molecule has 98 valence electrons. The molecular formula is C9H12ClN5O2S. The summed E-state index contributed by atoms with van der Waals surface area (Å²) in [7, 11) is 1.44. The summed E-state index contributed by atoms with van der Waals surface area (Å²) in [6, 6.07) is 1.78. The van der Waals surface area contributed by atoms with Crippen LogP contribution in [0, 0.1) is 0 Å². The summed E-state index contributed by atoms with van der Waals surface area (Å²) in [6.07, 6.45) is 4.16. The summed E-state index contributed by atoms with van der Waals surface area (Å²) in [4.78, 5) is 0. The Balaban J connectivity index is 2.39. The predicted molar refractivity (Wildman–Crippen MR) is 64.7 cm³/mol. The molecule has 0 amide bonds. The van der Waals surface area contributed by atoms with Crippen LogP contribution in [0.1, 0.15) is 19.2 Å². The smallest absolute Gasteiger partial charge is 0.296 e. The number of hydrogen-bond acceptors (Lipinski definition) is 5. The molecule has 0 bridgehead atoms. The van der Waals surface area contributed by atoms with E-state index < -0.39 is 9.05 Å². The molecule has 0 saturated carbocycles. The molecule has 0 N–H and O–H groups in total. The average molecular weight is 290 g/mol. The van der Waals surface area contributed by atoms with E-state index in [4.69, 9.17) is 10.7 Å². The van der Waals surface area contributed by atoms with E-state index >= 15 is 0 Å². The van der Waals surface area contributed by atoms with Crippen LogP contribution in [0.3, 0.4) is 0 Å². The van der Waals surface area contributed by atoms with Gasteiger partial charge in [0.15, 0.2) is 5.82 Å². The first-order valence-electron chi connectivity index (χ1n) is 5.36. The van der Waals surface area contributed by atoms with Crippen molar-refractivity contribution in [3.05, 3.63) is 24.3 Å². The van der Waals surface area contributed by atoms with Gasteiger partial charge >= 0.3 is 0 Å². The zero-order valence-electron chi connectivity index (χ0n) is 9.69. The molecule has 2 heterocycles. The minimum Gasteiger partial charge on any atom is -0.299 e. The van der Waals surface area contributed by atoms with Crippen molar-refractivity contribution in [3.8, 4) is 0 Å². The van der Waals surface area contributed by atoms with Crippen molar-refractivity contribution in [1.29, 1.82) is 0 Å². The van der Waals surface area contributed by atoms with Gasteiger partial charge in [-0.05, 0) is 12.5 Å². The molecule has 0 spiro atoms. The Morgan fingerprint density at radius 2 is 2.17 bits per heavy atom. The van der Waals surface area contributed by atoms with Crippen molar-refractivity contribution < 1.29 is 8.42 Å². The van der Waals surface area contributed by atoms with E-state index in [1.54, 1.807) is 23.1 Å². The highest BCUT2D eigenvalue weighted by molar-refractivity contribution is 8.13. The van der Waals surface area contributed by atoms with Crippen molar-refractivity contribution in [2.75, 3.05) is 0 Å². The largest absolute Gasteiger partial charge is 0.299 e. The first kappa shape index (κ1) is 13.0. The SMILES string of the molecule is CCCn1c(Cn2cccn2)nnc1S(=O)(=O)Cl.